The van der Waals surface area contributed by atoms with Crippen LogP contribution >= 0.6 is 0 Å². The Balaban J connectivity index is 4.28. The SMILES string of the molecule is CCOCC(C)(NCCN(CC)CC)C(=O)OC. The summed E-state index contributed by atoms with van der Waals surface area (Å²) in [6, 6.07) is 0. The van der Waals surface area contributed by atoms with Crippen molar-refractivity contribution in [3.05, 3.63) is 0 Å². The Kier molecular flexibility index (Phi) is 8.97. The number of ether oxygens (including phenoxy) is 2. The quantitative estimate of drug-likeness (QED) is 0.591. The smallest absolute Gasteiger partial charge is 0.328 e. The first kappa shape index (κ1) is 17.4. The van der Waals surface area contributed by atoms with Crippen LogP contribution in [-0.4, -0.2) is 62.9 Å². The molecule has 0 heterocycles. The van der Waals surface area contributed by atoms with Crippen LogP contribution in [0.5, 0.6) is 0 Å². The molecule has 0 aliphatic rings. The van der Waals surface area contributed by atoms with Crippen molar-refractivity contribution in [2.75, 3.05) is 46.5 Å². The van der Waals surface area contributed by atoms with E-state index in [-0.39, 0.29) is 5.97 Å². The monoisotopic (exact) mass is 260 g/mol. The van der Waals surface area contributed by atoms with Crippen molar-refractivity contribution in [2.45, 2.75) is 33.2 Å². The molecule has 0 spiro atoms. The van der Waals surface area contributed by atoms with Gasteiger partial charge in [0.25, 0.3) is 0 Å². The number of hydrogen-bond acceptors (Lipinski definition) is 5. The number of nitrogens with one attached hydrogen (secondary N) is 1. The Morgan fingerprint density at radius 3 is 2.33 bits per heavy atom. The average Bonchev–Trinajstić information content (AvgIpc) is 2.40. The number of carbonyl (C=O) groups is 1. The van der Waals surface area contributed by atoms with Crippen molar-refractivity contribution in [3.63, 3.8) is 0 Å². The summed E-state index contributed by atoms with van der Waals surface area (Å²) < 4.78 is 10.2. The standard InChI is InChI=1S/C13H28N2O3/c1-6-15(7-2)10-9-14-13(4,11-18-8-3)12(16)17-5/h14H,6-11H2,1-5H3. The molecule has 0 aromatic heterocycles. The highest BCUT2D eigenvalue weighted by Crippen LogP contribution is 2.07. The summed E-state index contributed by atoms with van der Waals surface area (Å²) in [5, 5.41) is 3.24. The number of carbonyl (C=O) groups excluding carboxylic acids is 1. The molecule has 108 valence electrons. The van der Waals surface area contributed by atoms with Crippen LogP contribution in [0.4, 0.5) is 0 Å². The molecule has 0 saturated carbocycles. The van der Waals surface area contributed by atoms with E-state index in [0.29, 0.717) is 13.2 Å². The van der Waals surface area contributed by atoms with E-state index in [1.165, 1.54) is 7.11 Å². The first-order chi connectivity index (χ1) is 8.53. The van der Waals surface area contributed by atoms with Gasteiger partial charge in [-0.05, 0) is 26.9 Å². The van der Waals surface area contributed by atoms with Crippen LogP contribution in [0.25, 0.3) is 0 Å². The molecule has 1 atom stereocenters. The lowest BCUT2D eigenvalue weighted by atomic mass is 10.0. The van der Waals surface area contributed by atoms with E-state index in [1.807, 2.05) is 13.8 Å². The summed E-state index contributed by atoms with van der Waals surface area (Å²) in [5.74, 6) is -0.282. The fourth-order valence-corrected chi connectivity index (χ4v) is 1.74. The van der Waals surface area contributed by atoms with E-state index in [2.05, 4.69) is 24.1 Å². The van der Waals surface area contributed by atoms with Gasteiger partial charge in [-0.2, -0.15) is 0 Å². The molecule has 0 aromatic rings. The van der Waals surface area contributed by atoms with Crippen molar-refractivity contribution in [1.82, 2.24) is 10.2 Å². The molecule has 0 amide bonds. The van der Waals surface area contributed by atoms with Gasteiger partial charge in [0.2, 0.25) is 0 Å². The molecule has 0 bridgehead atoms. The Bertz CT molecular complexity index is 232. The lowest BCUT2D eigenvalue weighted by Crippen LogP contribution is -2.55. The molecule has 5 heteroatoms. The van der Waals surface area contributed by atoms with E-state index in [4.69, 9.17) is 9.47 Å². The molecule has 18 heavy (non-hydrogen) atoms. The predicted molar refractivity (Wildman–Crippen MR) is 72.7 cm³/mol. The normalized spacial score (nSPS) is 14.6. The van der Waals surface area contributed by atoms with Crippen LogP contribution in [0.2, 0.25) is 0 Å². The molecule has 0 aromatic carbocycles. The molecule has 1 unspecified atom stereocenters. The zero-order chi connectivity index (χ0) is 14.0. The van der Waals surface area contributed by atoms with Gasteiger partial charge >= 0.3 is 5.97 Å². The van der Waals surface area contributed by atoms with Crippen LogP contribution in [0.1, 0.15) is 27.7 Å². The maximum absolute atomic E-state index is 11.8. The highest BCUT2D eigenvalue weighted by Gasteiger charge is 2.34. The zero-order valence-electron chi connectivity index (χ0n) is 12.4. The van der Waals surface area contributed by atoms with Crippen LogP contribution in [0.15, 0.2) is 0 Å². The summed E-state index contributed by atoms with van der Waals surface area (Å²) in [6.07, 6.45) is 0. The van der Waals surface area contributed by atoms with Gasteiger partial charge in [0, 0.05) is 19.7 Å². The third-order valence-corrected chi connectivity index (χ3v) is 3.07. The Morgan fingerprint density at radius 2 is 1.89 bits per heavy atom. The third-order valence-electron chi connectivity index (χ3n) is 3.07. The van der Waals surface area contributed by atoms with E-state index in [1.54, 1.807) is 0 Å². The van der Waals surface area contributed by atoms with Crippen LogP contribution < -0.4 is 5.32 Å². The summed E-state index contributed by atoms with van der Waals surface area (Å²) in [4.78, 5) is 14.1. The van der Waals surface area contributed by atoms with E-state index >= 15 is 0 Å². The third kappa shape index (κ3) is 5.80. The minimum atomic E-state index is -0.766. The first-order valence-electron chi connectivity index (χ1n) is 6.67. The van der Waals surface area contributed by atoms with E-state index in [9.17, 15) is 4.79 Å². The second kappa shape index (κ2) is 9.30. The van der Waals surface area contributed by atoms with Crippen molar-refractivity contribution in [2.24, 2.45) is 0 Å². The number of esters is 1. The van der Waals surface area contributed by atoms with Crippen molar-refractivity contribution in [1.29, 1.82) is 0 Å². The minimum Gasteiger partial charge on any atom is -0.468 e. The zero-order valence-corrected chi connectivity index (χ0v) is 12.4. The van der Waals surface area contributed by atoms with Gasteiger partial charge in [0.1, 0.15) is 5.54 Å². The summed E-state index contributed by atoms with van der Waals surface area (Å²) >= 11 is 0. The number of methoxy groups -OCH3 is 1. The van der Waals surface area contributed by atoms with Gasteiger partial charge in [-0.15, -0.1) is 0 Å². The van der Waals surface area contributed by atoms with Gasteiger partial charge in [0.05, 0.1) is 13.7 Å². The number of nitrogens with zero attached hydrogens (tertiary/aromatic N) is 1. The summed E-state index contributed by atoms with van der Waals surface area (Å²) in [5.41, 5.74) is -0.766. The number of hydrogen-bond donors (Lipinski definition) is 1. The van der Waals surface area contributed by atoms with Crippen molar-refractivity contribution in [3.8, 4) is 0 Å². The van der Waals surface area contributed by atoms with Gasteiger partial charge in [0.15, 0.2) is 0 Å². The maximum atomic E-state index is 11.8. The molecule has 5 nitrogen and oxygen atoms in total. The highest BCUT2D eigenvalue weighted by molar-refractivity contribution is 5.80. The highest BCUT2D eigenvalue weighted by atomic mass is 16.5. The summed E-state index contributed by atoms with van der Waals surface area (Å²) in [6.45, 7) is 12.6. The fourth-order valence-electron chi connectivity index (χ4n) is 1.74. The van der Waals surface area contributed by atoms with Gasteiger partial charge in [-0.3, -0.25) is 5.32 Å². The lowest BCUT2D eigenvalue weighted by molar-refractivity contribution is -0.150. The molecular formula is C13H28N2O3. The molecular weight excluding hydrogens is 232 g/mol. The molecule has 0 saturated heterocycles. The van der Waals surface area contributed by atoms with Crippen LogP contribution in [-0.2, 0) is 14.3 Å². The predicted octanol–water partition coefficient (Wildman–Crippen LogP) is 0.886. The Morgan fingerprint density at radius 1 is 1.28 bits per heavy atom. The van der Waals surface area contributed by atoms with Gasteiger partial charge in [-0.1, -0.05) is 13.8 Å². The fraction of sp³-hybridized carbons (Fsp3) is 0.923. The van der Waals surface area contributed by atoms with Gasteiger partial charge < -0.3 is 14.4 Å². The summed E-state index contributed by atoms with van der Waals surface area (Å²) in [7, 11) is 1.40. The van der Waals surface area contributed by atoms with E-state index < -0.39 is 5.54 Å². The molecule has 0 aliphatic carbocycles. The largest absolute Gasteiger partial charge is 0.468 e. The van der Waals surface area contributed by atoms with Gasteiger partial charge in [-0.25, -0.2) is 4.79 Å². The second-order valence-electron chi connectivity index (χ2n) is 4.41. The average molecular weight is 260 g/mol. The van der Waals surface area contributed by atoms with Crippen LogP contribution in [0, 0.1) is 0 Å². The minimum absolute atomic E-state index is 0.282. The second-order valence-corrected chi connectivity index (χ2v) is 4.41. The molecule has 1 N–H and O–H groups in total. The Labute approximate surface area is 111 Å². The molecule has 0 rings (SSSR count). The van der Waals surface area contributed by atoms with Crippen LogP contribution in [0.3, 0.4) is 0 Å². The first-order valence-corrected chi connectivity index (χ1v) is 6.67. The van der Waals surface area contributed by atoms with Crippen molar-refractivity contribution >= 4 is 5.97 Å². The lowest BCUT2D eigenvalue weighted by Gasteiger charge is -2.29. The number of likely N-dealkylation sites (N-methyl/N-ethyl adjacent to an activating group) is 1. The molecule has 0 fully saturated rings. The maximum Gasteiger partial charge on any atom is 0.328 e. The topological polar surface area (TPSA) is 50.8 Å². The molecule has 0 radical (unpaired) electrons. The van der Waals surface area contributed by atoms with E-state index in [0.717, 1.165) is 26.2 Å². The van der Waals surface area contributed by atoms with Crippen molar-refractivity contribution < 1.29 is 14.3 Å². The number of rotatable bonds is 10. The Hall–Kier alpha value is -0.650. The molecule has 0 aliphatic heterocycles.